The summed E-state index contributed by atoms with van der Waals surface area (Å²) in [5.74, 6) is 0.624. The van der Waals surface area contributed by atoms with E-state index >= 15 is 0 Å². The van der Waals surface area contributed by atoms with Crippen molar-refractivity contribution in [3.8, 4) is 0 Å². The average molecular weight is 207 g/mol. The van der Waals surface area contributed by atoms with Crippen LogP contribution >= 0.6 is 0 Å². The van der Waals surface area contributed by atoms with E-state index in [1.165, 1.54) is 12.0 Å². The molecule has 0 spiro atoms. The smallest absolute Gasteiger partial charge is 0.00518 e. The lowest BCUT2D eigenvalue weighted by Gasteiger charge is -2.33. The van der Waals surface area contributed by atoms with Crippen molar-refractivity contribution in [3.05, 3.63) is 36.1 Å². The Morgan fingerprint density at radius 2 is 2.00 bits per heavy atom. The summed E-state index contributed by atoms with van der Waals surface area (Å²) < 4.78 is 0. The topological polar surface area (TPSA) is 26.0 Å². The fourth-order valence-corrected chi connectivity index (χ4v) is 1.62. The van der Waals surface area contributed by atoms with E-state index in [1.54, 1.807) is 0 Å². The van der Waals surface area contributed by atoms with E-state index in [4.69, 9.17) is 5.73 Å². The van der Waals surface area contributed by atoms with E-state index in [9.17, 15) is 0 Å². The first-order chi connectivity index (χ1) is 6.86. The average Bonchev–Trinajstić information content (AvgIpc) is 2.15. The van der Waals surface area contributed by atoms with E-state index < -0.39 is 0 Å². The molecular weight excluding hydrogens is 182 g/mol. The van der Waals surface area contributed by atoms with Gasteiger partial charge in [0, 0.05) is 5.70 Å². The van der Waals surface area contributed by atoms with E-state index in [0.29, 0.717) is 5.92 Å². The zero-order valence-corrected chi connectivity index (χ0v) is 10.8. The summed E-state index contributed by atoms with van der Waals surface area (Å²) in [5.41, 5.74) is 7.99. The highest BCUT2D eigenvalue weighted by molar-refractivity contribution is 5.31. The van der Waals surface area contributed by atoms with E-state index in [2.05, 4.69) is 40.3 Å². The molecule has 0 radical (unpaired) electrons. The fraction of sp³-hybridized carbons (Fsp3) is 0.571. The van der Waals surface area contributed by atoms with Gasteiger partial charge in [-0.1, -0.05) is 52.8 Å². The van der Waals surface area contributed by atoms with Crippen molar-refractivity contribution in [1.29, 1.82) is 0 Å². The monoisotopic (exact) mass is 207 g/mol. The molecule has 1 atom stereocenters. The van der Waals surface area contributed by atoms with Crippen LogP contribution in [0.25, 0.3) is 0 Å². The Bertz CT molecular complexity index is 265. The Kier molecular flexibility index (Phi) is 5.41. The van der Waals surface area contributed by atoms with Crippen molar-refractivity contribution < 1.29 is 0 Å². The van der Waals surface area contributed by atoms with Gasteiger partial charge in [0.1, 0.15) is 0 Å². The highest BCUT2D eigenvalue weighted by Gasteiger charge is 2.27. The second-order valence-corrected chi connectivity index (χ2v) is 4.78. The maximum Gasteiger partial charge on any atom is 0.00518 e. The maximum absolute atomic E-state index is 5.75. The minimum atomic E-state index is 0.142. The van der Waals surface area contributed by atoms with Gasteiger partial charge in [-0.05, 0) is 29.9 Å². The number of allylic oxidation sites excluding steroid dienone is 5. The van der Waals surface area contributed by atoms with Crippen LogP contribution in [0.4, 0.5) is 0 Å². The van der Waals surface area contributed by atoms with E-state index in [0.717, 1.165) is 5.70 Å². The van der Waals surface area contributed by atoms with Gasteiger partial charge in [-0.3, -0.25) is 0 Å². The molecule has 0 fully saturated rings. The quantitative estimate of drug-likeness (QED) is 0.677. The highest BCUT2D eigenvalue weighted by atomic mass is 14.5. The summed E-state index contributed by atoms with van der Waals surface area (Å²) in [6.45, 7) is 14.7. The molecule has 0 bridgehead atoms. The summed E-state index contributed by atoms with van der Waals surface area (Å²) in [4.78, 5) is 0. The van der Waals surface area contributed by atoms with Gasteiger partial charge in [0.25, 0.3) is 0 Å². The van der Waals surface area contributed by atoms with Gasteiger partial charge in [-0.2, -0.15) is 0 Å². The molecule has 0 aliphatic rings. The Balaban J connectivity index is 5.17. The molecule has 0 aromatic carbocycles. The molecule has 0 rings (SSSR count). The van der Waals surface area contributed by atoms with Crippen LogP contribution in [0.3, 0.4) is 0 Å². The molecule has 1 nitrogen and oxygen atoms in total. The molecule has 0 aliphatic carbocycles. The van der Waals surface area contributed by atoms with Crippen molar-refractivity contribution in [2.75, 3.05) is 0 Å². The summed E-state index contributed by atoms with van der Waals surface area (Å²) in [6, 6.07) is 0. The Morgan fingerprint density at radius 3 is 2.33 bits per heavy atom. The lowest BCUT2D eigenvalue weighted by atomic mass is 9.72. The first-order valence-electron chi connectivity index (χ1n) is 5.63. The van der Waals surface area contributed by atoms with Gasteiger partial charge < -0.3 is 5.73 Å². The van der Waals surface area contributed by atoms with E-state index in [1.807, 2.05) is 19.1 Å². The van der Waals surface area contributed by atoms with Crippen LogP contribution in [-0.4, -0.2) is 0 Å². The molecule has 0 aromatic rings. The highest BCUT2D eigenvalue weighted by Crippen LogP contribution is 2.37. The fourth-order valence-electron chi connectivity index (χ4n) is 1.62. The molecule has 2 N–H and O–H groups in total. The van der Waals surface area contributed by atoms with Crippen molar-refractivity contribution in [1.82, 2.24) is 0 Å². The van der Waals surface area contributed by atoms with Gasteiger partial charge in [0.15, 0.2) is 0 Å². The predicted molar refractivity (Wildman–Crippen MR) is 69.5 cm³/mol. The van der Waals surface area contributed by atoms with Gasteiger partial charge in [0.05, 0.1) is 0 Å². The second-order valence-electron chi connectivity index (χ2n) is 4.78. The molecule has 0 saturated carbocycles. The zero-order chi connectivity index (χ0) is 12.1. The number of hydrogen-bond acceptors (Lipinski definition) is 1. The molecule has 15 heavy (non-hydrogen) atoms. The van der Waals surface area contributed by atoms with Gasteiger partial charge in [-0.25, -0.2) is 0 Å². The molecule has 0 heterocycles. The molecular formula is C14H25N. The number of hydrogen-bond donors (Lipinski definition) is 1. The largest absolute Gasteiger partial charge is 0.402 e. The van der Waals surface area contributed by atoms with Crippen LogP contribution in [-0.2, 0) is 0 Å². The molecule has 1 unspecified atom stereocenters. The first kappa shape index (κ1) is 14.0. The van der Waals surface area contributed by atoms with Gasteiger partial charge >= 0.3 is 0 Å². The number of nitrogens with two attached hydrogens (primary N) is 1. The minimum Gasteiger partial charge on any atom is -0.402 e. The van der Waals surface area contributed by atoms with Crippen molar-refractivity contribution in [2.24, 2.45) is 17.1 Å². The van der Waals surface area contributed by atoms with Crippen molar-refractivity contribution in [2.45, 2.75) is 41.0 Å². The minimum absolute atomic E-state index is 0.142. The summed E-state index contributed by atoms with van der Waals surface area (Å²) in [5, 5.41) is 0. The Morgan fingerprint density at radius 1 is 1.47 bits per heavy atom. The summed E-state index contributed by atoms with van der Waals surface area (Å²) >= 11 is 0. The number of rotatable bonds is 5. The molecule has 1 heteroatoms. The first-order valence-corrected chi connectivity index (χ1v) is 5.63. The Labute approximate surface area is 94.8 Å². The SMILES string of the molecule is C=C/C=C(\C=C(\C)N)C(C)(C)C(C)CC. The predicted octanol–water partition coefficient (Wildman–Crippen LogP) is 4.03. The van der Waals surface area contributed by atoms with E-state index in [-0.39, 0.29) is 5.41 Å². The van der Waals surface area contributed by atoms with Crippen LogP contribution in [0.2, 0.25) is 0 Å². The molecule has 0 saturated heterocycles. The molecule has 86 valence electrons. The van der Waals surface area contributed by atoms with Crippen LogP contribution < -0.4 is 5.73 Å². The lowest BCUT2D eigenvalue weighted by Crippen LogP contribution is -2.23. The molecule has 0 aromatic heterocycles. The van der Waals surface area contributed by atoms with Crippen molar-refractivity contribution in [3.63, 3.8) is 0 Å². The van der Waals surface area contributed by atoms with Gasteiger partial charge in [0.2, 0.25) is 0 Å². The normalized spacial score (nSPS) is 16.3. The van der Waals surface area contributed by atoms with Crippen LogP contribution in [0.5, 0.6) is 0 Å². The van der Waals surface area contributed by atoms with Crippen LogP contribution in [0.1, 0.15) is 41.0 Å². The van der Waals surface area contributed by atoms with Crippen molar-refractivity contribution >= 4 is 0 Å². The molecule has 0 aliphatic heterocycles. The standard InChI is InChI=1S/C14H25N/c1-7-9-13(10-12(4)15)14(5,6)11(3)8-2/h7,9-11H,1,8,15H2,2-6H3/b12-10-,13-9+. The summed E-state index contributed by atoms with van der Waals surface area (Å²) in [7, 11) is 0. The third-order valence-corrected chi connectivity index (χ3v) is 3.27. The maximum atomic E-state index is 5.75. The third kappa shape index (κ3) is 3.94. The van der Waals surface area contributed by atoms with Crippen LogP contribution in [0.15, 0.2) is 36.1 Å². The lowest BCUT2D eigenvalue weighted by molar-refractivity contribution is 0.285. The van der Waals surface area contributed by atoms with Crippen LogP contribution in [0, 0.1) is 11.3 Å². The third-order valence-electron chi connectivity index (χ3n) is 3.27. The van der Waals surface area contributed by atoms with Gasteiger partial charge in [-0.15, -0.1) is 0 Å². The summed E-state index contributed by atoms with van der Waals surface area (Å²) in [6.07, 6.45) is 7.11. The molecule has 0 amide bonds. The second kappa shape index (κ2) is 5.79. The zero-order valence-electron chi connectivity index (χ0n) is 10.8. The Hall–Kier alpha value is -0.980.